The highest BCUT2D eigenvalue weighted by molar-refractivity contribution is 5.97. The number of aliphatic carboxylic acids is 1. The molecule has 29 heavy (non-hydrogen) atoms. The average Bonchev–Trinajstić information content (AvgIpc) is 2.75. The molecule has 1 amide bonds. The third kappa shape index (κ3) is 5.12. The summed E-state index contributed by atoms with van der Waals surface area (Å²) >= 11 is 0. The van der Waals surface area contributed by atoms with Crippen LogP contribution in [0.1, 0.15) is 34.8 Å². The number of hydrogen-bond acceptors (Lipinski definition) is 4. The van der Waals surface area contributed by atoms with E-state index in [-0.39, 0.29) is 24.2 Å². The molecule has 2 aromatic rings. The molecule has 6 nitrogen and oxygen atoms in total. The van der Waals surface area contributed by atoms with Crippen molar-refractivity contribution in [2.24, 2.45) is 0 Å². The van der Waals surface area contributed by atoms with Gasteiger partial charge in [0.15, 0.2) is 0 Å². The van der Waals surface area contributed by atoms with Crippen LogP contribution < -0.4 is 4.74 Å². The maximum absolute atomic E-state index is 13.3. The van der Waals surface area contributed by atoms with Crippen molar-refractivity contribution in [3.05, 3.63) is 65.5 Å². The van der Waals surface area contributed by atoms with Crippen molar-refractivity contribution in [1.29, 1.82) is 0 Å². The number of rotatable bonds is 7. The second-order valence-electron chi connectivity index (χ2n) is 7.03. The largest absolute Gasteiger partial charge is 0.496 e. The van der Waals surface area contributed by atoms with Crippen LogP contribution in [0, 0.1) is 5.82 Å². The lowest BCUT2D eigenvalue weighted by Gasteiger charge is -2.39. The normalized spacial score (nSPS) is 15.7. The van der Waals surface area contributed by atoms with Crippen LogP contribution in [-0.2, 0) is 4.79 Å². The maximum atomic E-state index is 13.3. The lowest BCUT2D eigenvalue weighted by atomic mass is 9.99. The Morgan fingerprint density at radius 3 is 2.34 bits per heavy atom. The summed E-state index contributed by atoms with van der Waals surface area (Å²) in [6, 6.07) is 13.2. The summed E-state index contributed by atoms with van der Waals surface area (Å²) in [6.45, 7) is 2.29. The first kappa shape index (κ1) is 20.8. The zero-order valence-electron chi connectivity index (χ0n) is 16.4. The molecule has 3 rings (SSSR count). The van der Waals surface area contributed by atoms with Gasteiger partial charge in [0.2, 0.25) is 0 Å². The molecule has 154 valence electrons. The Hall–Kier alpha value is -2.93. The van der Waals surface area contributed by atoms with Crippen LogP contribution in [-0.4, -0.2) is 60.1 Å². The van der Waals surface area contributed by atoms with Crippen molar-refractivity contribution < 1.29 is 23.8 Å². The van der Waals surface area contributed by atoms with Crippen LogP contribution in [0.25, 0.3) is 0 Å². The van der Waals surface area contributed by atoms with Gasteiger partial charge in [-0.05, 0) is 36.2 Å². The Morgan fingerprint density at radius 2 is 1.72 bits per heavy atom. The second-order valence-corrected chi connectivity index (χ2v) is 7.03. The number of halogens is 1. The minimum atomic E-state index is -0.859. The Bertz CT molecular complexity index is 848. The Labute approximate surface area is 169 Å². The summed E-state index contributed by atoms with van der Waals surface area (Å²) in [4.78, 5) is 27.9. The molecule has 1 aliphatic heterocycles. The van der Waals surface area contributed by atoms with Crippen LogP contribution in [0.3, 0.4) is 0 Å². The fourth-order valence-electron chi connectivity index (χ4n) is 3.73. The molecule has 1 fully saturated rings. The van der Waals surface area contributed by atoms with Crippen molar-refractivity contribution >= 4 is 11.9 Å². The molecule has 0 saturated carbocycles. The monoisotopic (exact) mass is 400 g/mol. The van der Waals surface area contributed by atoms with E-state index in [4.69, 9.17) is 9.84 Å². The number of piperazine rings is 1. The highest BCUT2D eigenvalue weighted by atomic mass is 19.1. The maximum Gasteiger partial charge on any atom is 0.303 e. The molecule has 1 aliphatic rings. The summed E-state index contributed by atoms with van der Waals surface area (Å²) in [5.41, 5.74) is 1.42. The Kier molecular flexibility index (Phi) is 6.82. The van der Waals surface area contributed by atoms with Crippen LogP contribution in [0.4, 0.5) is 4.39 Å². The van der Waals surface area contributed by atoms with Crippen molar-refractivity contribution in [2.45, 2.75) is 18.9 Å². The van der Waals surface area contributed by atoms with Crippen LogP contribution >= 0.6 is 0 Å². The Balaban J connectivity index is 1.69. The number of carboxylic acids is 1. The molecule has 1 atom stereocenters. The number of carbonyl (C=O) groups excluding carboxylic acids is 1. The minimum Gasteiger partial charge on any atom is -0.496 e. The summed E-state index contributed by atoms with van der Waals surface area (Å²) in [5.74, 6) is -0.711. The molecule has 0 spiro atoms. The van der Waals surface area contributed by atoms with Gasteiger partial charge < -0.3 is 14.7 Å². The number of methoxy groups -OCH3 is 1. The highest BCUT2D eigenvalue weighted by Crippen LogP contribution is 2.28. The Morgan fingerprint density at radius 1 is 1.07 bits per heavy atom. The van der Waals surface area contributed by atoms with Gasteiger partial charge >= 0.3 is 5.97 Å². The van der Waals surface area contributed by atoms with Crippen molar-refractivity contribution in [2.75, 3.05) is 33.3 Å². The number of ether oxygens (including phenoxy) is 1. The number of benzene rings is 2. The van der Waals surface area contributed by atoms with Crippen molar-refractivity contribution in [1.82, 2.24) is 9.80 Å². The number of hydrogen-bond donors (Lipinski definition) is 1. The van der Waals surface area contributed by atoms with E-state index in [1.165, 1.54) is 12.1 Å². The molecule has 7 heteroatoms. The van der Waals surface area contributed by atoms with Crippen LogP contribution in [0.2, 0.25) is 0 Å². The van der Waals surface area contributed by atoms with Crippen LogP contribution in [0.5, 0.6) is 5.75 Å². The fourth-order valence-corrected chi connectivity index (χ4v) is 3.73. The van der Waals surface area contributed by atoms with Gasteiger partial charge in [0.1, 0.15) is 11.6 Å². The lowest BCUT2D eigenvalue weighted by Crippen LogP contribution is -2.49. The first-order valence-corrected chi connectivity index (χ1v) is 9.63. The summed E-state index contributed by atoms with van der Waals surface area (Å²) in [6.07, 6.45) is 0.462. The molecule has 0 aromatic heterocycles. The summed E-state index contributed by atoms with van der Waals surface area (Å²) in [5, 5.41) is 9.10. The first-order valence-electron chi connectivity index (χ1n) is 9.63. The number of amides is 1. The molecule has 0 radical (unpaired) electrons. The van der Waals surface area contributed by atoms with Gasteiger partial charge in [0.25, 0.3) is 5.91 Å². The van der Waals surface area contributed by atoms with Crippen LogP contribution in [0.15, 0.2) is 48.5 Å². The van der Waals surface area contributed by atoms with Gasteiger partial charge in [-0.2, -0.15) is 0 Å². The predicted octanol–water partition coefficient (Wildman–Crippen LogP) is 3.20. The van der Waals surface area contributed by atoms with E-state index in [1.54, 1.807) is 36.3 Å². The topological polar surface area (TPSA) is 70.1 Å². The second kappa shape index (κ2) is 9.52. The van der Waals surface area contributed by atoms with Gasteiger partial charge in [-0.15, -0.1) is 0 Å². The third-order valence-electron chi connectivity index (χ3n) is 5.27. The van der Waals surface area contributed by atoms with E-state index in [0.717, 1.165) is 5.56 Å². The van der Waals surface area contributed by atoms with E-state index in [1.807, 2.05) is 12.1 Å². The molecule has 0 unspecified atom stereocenters. The van der Waals surface area contributed by atoms with Crippen molar-refractivity contribution in [3.63, 3.8) is 0 Å². The SMILES string of the molecule is COc1ccccc1C(=O)N1CCN([C@H](CCC(=O)O)c2ccc(F)cc2)CC1. The zero-order chi connectivity index (χ0) is 20.8. The number of carboxylic acid groups (broad SMARTS) is 1. The van der Waals surface area contributed by atoms with Gasteiger partial charge in [0.05, 0.1) is 12.7 Å². The molecular weight excluding hydrogens is 375 g/mol. The third-order valence-corrected chi connectivity index (χ3v) is 5.27. The summed E-state index contributed by atoms with van der Waals surface area (Å²) in [7, 11) is 1.54. The molecule has 1 heterocycles. The van der Waals surface area contributed by atoms with E-state index < -0.39 is 5.97 Å². The van der Waals surface area contributed by atoms with E-state index in [2.05, 4.69) is 4.90 Å². The number of para-hydroxylation sites is 1. The van der Waals surface area contributed by atoms with Gasteiger partial charge in [-0.25, -0.2) is 4.39 Å². The first-order chi connectivity index (χ1) is 14.0. The molecule has 1 saturated heterocycles. The predicted molar refractivity (Wildman–Crippen MR) is 106 cm³/mol. The number of carbonyl (C=O) groups is 2. The molecule has 0 aliphatic carbocycles. The van der Waals surface area contributed by atoms with E-state index in [9.17, 15) is 14.0 Å². The quantitative estimate of drug-likeness (QED) is 0.773. The van der Waals surface area contributed by atoms with E-state index in [0.29, 0.717) is 43.9 Å². The average molecular weight is 400 g/mol. The molecule has 0 bridgehead atoms. The molecular formula is C22H25FN2O4. The zero-order valence-corrected chi connectivity index (χ0v) is 16.4. The molecule has 2 aromatic carbocycles. The van der Waals surface area contributed by atoms with E-state index >= 15 is 0 Å². The minimum absolute atomic E-state index is 0.0302. The standard InChI is InChI=1S/C22H25FN2O4/c1-29-20-5-3-2-4-18(20)22(28)25-14-12-24(13-15-25)19(10-11-21(26)27)16-6-8-17(23)9-7-16/h2-9,19H,10-15H2,1H3,(H,26,27)/t19-/m1/s1. The lowest BCUT2D eigenvalue weighted by molar-refractivity contribution is -0.137. The smallest absolute Gasteiger partial charge is 0.303 e. The summed E-state index contributed by atoms with van der Waals surface area (Å²) < 4.78 is 18.6. The van der Waals surface area contributed by atoms with Gasteiger partial charge in [0, 0.05) is 38.6 Å². The van der Waals surface area contributed by atoms with Gasteiger partial charge in [-0.1, -0.05) is 24.3 Å². The van der Waals surface area contributed by atoms with Gasteiger partial charge in [-0.3, -0.25) is 14.5 Å². The van der Waals surface area contributed by atoms with Crippen molar-refractivity contribution in [3.8, 4) is 5.75 Å². The molecule has 1 N–H and O–H groups in total. The highest BCUT2D eigenvalue weighted by Gasteiger charge is 2.28. The fraction of sp³-hybridized carbons (Fsp3) is 0.364. The number of nitrogens with zero attached hydrogens (tertiary/aromatic N) is 2.